The highest BCUT2D eigenvalue weighted by Crippen LogP contribution is 2.17. The molecule has 0 aromatic heterocycles. The summed E-state index contributed by atoms with van der Waals surface area (Å²) in [6.07, 6.45) is 0.416. The molecule has 0 radical (unpaired) electrons. The molecule has 0 bridgehead atoms. The Kier molecular flexibility index (Phi) is 19.8. The van der Waals surface area contributed by atoms with Crippen LogP contribution in [0.1, 0.15) is 61.0 Å². The van der Waals surface area contributed by atoms with Crippen LogP contribution in [0.4, 0.5) is 0 Å². The number of esters is 3. The lowest BCUT2D eigenvalue weighted by Crippen LogP contribution is -2.52. The van der Waals surface area contributed by atoms with Crippen LogP contribution in [0.15, 0.2) is 24.3 Å². The molecular formula is C37H64N4O9. The van der Waals surface area contributed by atoms with Crippen LogP contribution in [-0.2, 0) is 44.5 Å². The molecule has 1 unspecified atom stereocenters. The first-order valence-corrected chi connectivity index (χ1v) is 18.1. The lowest BCUT2D eigenvalue weighted by atomic mass is 10.0. The first kappa shape index (κ1) is 43.4. The number of carbonyl (C=O) groups is 3. The van der Waals surface area contributed by atoms with Crippen LogP contribution < -0.4 is 10.1 Å². The van der Waals surface area contributed by atoms with Gasteiger partial charge in [-0.25, -0.2) is 0 Å². The van der Waals surface area contributed by atoms with Crippen molar-refractivity contribution < 1.29 is 42.8 Å². The zero-order valence-corrected chi connectivity index (χ0v) is 31.9. The Hall–Kier alpha value is -2.81. The molecule has 1 N–H and O–H groups in total. The first-order chi connectivity index (χ1) is 23.7. The molecule has 1 aliphatic heterocycles. The third-order valence-corrected chi connectivity index (χ3v) is 7.59. The zero-order valence-electron chi connectivity index (χ0n) is 31.9. The Morgan fingerprint density at radius 3 is 1.72 bits per heavy atom. The number of nitrogens with zero attached hydrogens (tertiary/aromatic N) is 3. The normalized spacial score (nSPS) is 16.9. The van der Waals surface area contributed by atoms with Crippen LogP contribution in [-0.4, -0.2) is 155 Å². The van der Waals surface area contributed by atoms with Gasteiger partial charge in [0.05, 0.1) is 39.5 Å². The van der Waals surface area contributed by atoms with E-state index in [0.29, 0.717) is 97.6 Å². The second kappa shape index (κ2) is 22.9. The van der Waals surface area contributed by atoms with Gasteiger partial charge in [-0.15, -0.1) is 0 Å². The molecule has 1 heterocycles. The number of hydrogen-bond donors (Lipinski definition) is 1. The van der Waals surface area contributed by atoms with Gasteiger partial charge in [-0.3, -0.25) is 29.1 Å². The molecule has 2 rings (SSSR count). The van der Waals surface area contributed by atoms with Crippen LogP contribution in [0.25, 0.3) is 0 Å². The highest BCUT2D eigenvalue weighted by atomic mass is 16.6. The molecule has 0 aliphatic carbocycles. The van der Waals surface area contributed by atoms with Crippen molar-refractivity contribution in [1.82, 2.24) is 20.0 Å². The van der Waals surface area contributed by atoms with Gasteiger partial charge in [-0.1, -0.05) is 12.1 Å². The quantitative estimate of drug-likeness (QED) is 0.145. The number of ether oxygens (including phenoxy) is 6. The number of carbonyl (C=O) groups excluding carboxylic acids is 3. The van der Waals surface area contributed by atoms with Gasteiger partial charge in [-0.2, -0.15) is 0 Å². The van der Waals surface area contributed by atoms with E-state index < -0.39 is 17.2 Å². The third-order valence-electron chi connectivity index (χ3n) is 7.59. The Bertz CT molecular complexity index is 1080. The summed E-state index contributed by atoms with van der Waals surface area (Å²) in [6.45, 7) is 22.6. The predicted molar refractivity (Wildman–Crippen MR) is 192 cm³/mol. The molecule has 50 heavy (non-hydrogen) atoms. The van der Waals surface area contributed by atoms with Gasteiger partial charge in [0.25, 0.3) is 0 Å². The molecule has 0 saturated carbocycles. The summed E-state index contributed by atoms with van der Waals surface area (Å²) in [5.74, 6) is -0.185. The molecular weight excluding hydrogens is 644 g/mol. The Balaban J connectivity index is 2.24. The number of rotatable bonds is 17. The largest absolute Gasteiger partial charge is 0.491 e. The van der Waals surface area contributed by atoms with Crippen molar-refractivity contribution in [3.05, 3.63) is 29.8 Å². The molecule has 1 aromatic carbocycles. The van der Waals surface area contributed by atoms with Gasteiger partial charge in [0.15, 0.2) is 0 Å². The van der Waals surface area contributed by atoms with Gasteiger partial charge < -0.3 is 33.7 Å². The summed E-state index contributed by atoms with van der Waals surface area (Å²) in [7, 11) is 0. The SMILES string of the molecule is CCOCCOCCOc1ccc(CC(C(=O)OCC)N2CCN(CC(=O)OC(C)(C)C)CCNCCN(CC(=O)OC(C)(C)C)CC2)cc1. The molecule has 1 atom stereocenters. The molecule has 13 heteroatoms. The van der Waals surface area contributed by atoms with Crippen molar-refractivity contribution in [3.8, 4) is 5.75 Å². The summed E-state index contributed by atoms with van der Waals surface area (Å²) in [5, 5.41) is 3.44. The lowest BCUT2D eigenvalue weighted by Gasteiger charge is -2.35. The van der Waals surface area contributed by atoms with E-state index in [1.165, 1.54) is 0 Å². The maximum absolute atomic E-state index is 13.6. The predicted octanol–water partition coefficient (Wildman–Crippen LogP) is 2.79. The van der Waals surface area contributed by atoms with E-state index >= 15 is 0 Å². The summed E-state index contributed by atoms with van der Waals surface area (Å²) in [6, 6.07) is 7.12. The van der Waals surface area contributed by atoms with Crippen molar-refractivity contribution in [2.45, 2.75) is 79.1 Å². The summed E-state index contributed by atoms with van der Waals surface area (Å²) < 4.78 is 33.5. The van der Waals surface area contributed by atoms with E-state index in [-0.39, 0.29) is 37.6 Å². The van der Waals surface area contributed by atoms with E-state index in [9.17, 15) is 14.4 Å². The van der Waals surface area contributed by atoms with E-state index in [1.807, 2.05) is 72.7 Å². The van der Waals surface area contributed by atoms with Gasteiger partial charge in [0.2, 0.25) is 0 Å². The minimum Gasteiger partial charge on any atom is -0.491 e. The third kappa shape index (κ3) is 19.5. The van der Waals surface area contributed by atoms with Crippen LogP contribution in [0, 0.1) is 0 Å². The summed E-state index contributed by atoms with van der Waals surface area (Å²) in [4.78, 5) is 45.5. The second-order valence-corrected chi connectivity index (χ2v) is 14.3. The fraction of sp³-hybridized carbons (Fsp3) is 0.757. The lowest BCUT2D eigenvalue weighted by molar-refractivity contribution is -0.157. The van der Waals surface area contributed by atoms with E-state index in [0.717, 1.165) is 5.56 Å². The minimum absolute atomic E-state index is 0.140. The van der Waals surface area contributed by atoms with Crippen LogP contribution in [0.5, 0.6) is 5.75 Å². The average Bonchev–Trinajstić information content (AvgIpc) is 3.01. The van der Waals surface area contributed by atoms with Gasteiger partial charge in [0, 0.05) is 59.0 Å². The number of benzene rings is 1. The molecule has 1 saturated heterocycles. The van der Waals surface area contributed by atoms with Crippen LogP contribution >= 0.6 is 0 Å². The fourth-order valence-electron chi connectivity index (χ4n) is 5.34. The van der Waals surface area contributed by atoms with E-state index in [1.54, 1.807) is 6.92 Å². The van der Waals surface area contributed by atoms with E-state index in [2.05, 4.69) is 20.0 Å². The molecule has 1 aliphatic rings. The Morgan fingerprint density at radius 2 is 1.22 bits per heavy atom. The van der Waals surface area contributed by atoms with Gasteiger partial charge in [0.1, 0.15) is 29.6 Å². The molecule has 0 amide bonds. The van der Waals surface area contributed by atoms with Crippen LogP contribution in [0.2, 0.25) is 0 Å². The topological polar surface area (TPSA) is 128 Å². The first-order valence-electron chi connectivity index (χ1n) is 18.1. The van der Waals surface area contributed by atoms with E-state index in [4.69, 9.17) is 28.4 Å². The average molecular weight is 709 g/mol. The number of nitrogens with one attached hydrogen (secondary N) is 1. The van der Waals surface area contributed by atoms with Gasteiger partial charge >= 0.3 is 17.9 Å². The highest BCUT2D eigenvalue weighted by Gasteiger charge is 2.30. The summed E-state index contributed by atoms with van der Waals surface area (Å²) in [5.41, 5.74) is -0.216. The van der Waals surface area contributed by atoms with Crippen LogP contribution in [0.3, 0.4) is 0 Å². The van der Waals surface area contributed by atoms with Crippen molar-refractivity contribution in [1.29, 1.82) is 0 Å². The fourth-order valence-corrected chi connectivity index (χ4v) is 5.34. The van der Waals surface area contributed by atoms with Crippen molar-refractivity contribution in [2.75, 3.05) is 105 Å². The minimum atomic E-state index is -0.590. The second-order valence-electron chi connectivity index (χ2n) is 14.3. The Morgan fingerprint density at radius 1 is 0.700 bits per heavy atom. The summed E-state index contributed by atoms with van der Waals surface area (Å²) >= 11 is 0. The monoisotopic (exact) mass is 708 g/mol. The molecule has 286 valence electrons. The van der Waals surface area contributed by atoms with Crippen molar-refractivity contribution in [3.63, 3.8) is 0 Å². The molecule has 1 fully saturated rings. The van der Waals surface area contributed by atoms with Gasteiger partial charge in [-0.05, 0) is 79.5 Å². The van der Waals surface area contributed by atoms with Crippen molar-refractivity contribution in [2.24, 2.45) is 0 Å². The van der Waals surface area contributed by atoms with Crippen molar-refractivity contribution >= 4 is 17.9 Å². The zero-order chi connectivity index (χ0) is 37.0. The maximum atomic E-state index is 13.6. The maximum Gasteiger partial charge on any atom is 0.323 e. The molecule has 0 spiro atoms. The smallest absolute Gasteiger partial charge is 0.323 e. The Labute approximate surface area is 300 Å². The standard InChI is InChI=1S/C37H64N4O9/c1-9-45-23-24-46-25-26-48-31-13-11-30(12-14-31)27-32(35(44)47-10-2)41-21-19-39(28-33(42)49-36(3,4)5)17-15-38-16-18-40(20-22-41)29-34(43)50-37(6,7)8/h11-14,32,38H,9-10,15-29H2,1-8H3. The number of hydrogen-bond acceptors (Lipinski definition) is 13. The molecule has 1 aromatic rings. The highest BCUT2D eigenvalue weighted by molar-refractivity contribution is 5.76. The molecule has 13 nitrogen and oxygen atoms in total.